The molecule has 276 valence electrons. The van der Waals surface area contributed by atoms with Gasteiger partial charge in [-0.2, -0.15) is 0 Å². The van der Waals surface area contributed by atoms with Gasteiger partial charge in [-0.1, -0.05) is 42.5 Å². The highest BCUT2D eigenvalue weighted by Gasteiger charge is 2.34. The molecule has 0 saturated heterocycles. The summed E-state index contributed by atoms with van der Waals surface area (Å²) in [5.74, 6) is 3.65. The molecule has 1 heterocycles. The molecule has 4 aromatic rings. The minimum atomic E-state index is -0.696. The zero-order valence-corrected chi connectivity index (χ0v) is 31.2. The summed E-state index contributed by atoms with van der Waals surface area (Å²) in [5, 5.41) is 0. The lowest BCUT2D eigenvalue weighted by atomic mass is 9.84. The van der Waals surface area contributed by atoms with Gasteiger partial charge in [0.05, 0.1) is 62.6 Å². The van der Waals surface area contributed by atoms with E-state index in [1.54, 1.807) is 56.9 Å². The largest absolute Gasteiger partial charge is 0.493 e. The van der Waals surface area contributed by atoms with E-state index in [0.717, 1.165) is 34.2 Å². The van der Waals surface area contributed by atoms with Gasteiger partial charge in [0, 0.05) is 36.3 Å². The maximum absolute atomic E-state index is 15.3. The summed E-state index contributed by atoms with van der Waals surface area (Å²) < 4.78 is 45.3. The fraction of sp³-hybridized carbons (Fsp3) is 0.366. The number of methoxy groups -OCH3 is 8. The molecular formula is C41H48N2O9. The van der Waals surface area contributed by atoms with E-state index < -0.39 is 5.92 Å². The van der Waals surface area contributed by atoms with E-state index >= 15 is 4.79 Å². The predicted octanol–water partition coefficient (Wildman–Crippen LogP) is 6.20. The Bertz CT molecular complexity index is 1810. The van der Waals surface area contributed by atoms with E-state index in [-0.39, 0.29) is 5.91 Å². The molecule has 1 aliphatic rings. The monoisotopic (exact) mass is 712 g/mol. The normalized spacial score (nSPS) is 12.5. The van der Waals surface area contributed by atoms with Crippen LogP contribution in [0.15, 0.2) is 71.7 Å². The molecule has 0 spiro atoms. The standard InChI is InChI=1S/C41H48N2O9/c1-45-31-16-14-27(37(49-5)39(31)51-7)19-22-43(23-20-28-15-17-32(46-2)40(52-8)38(28)50-6)41(44)35(26-12-10-9-11-13-26)36-30-25-34(48-4)33(47-3)24-29(30)18-21-42-36/h9-17,24-25,35H,18-23H2,1-8H3/t35-/m1/s1. The topological polar surface area (TPSA) is 107 Å². The molecule has 1 aliphatic heterocycles. The van der Waals surface area contributed by atoms with Gasteiger partial charge >= 0.3 is 0 Å². The SMILES string of the molecule is COc1cc2c(cc1OC)C([C@H](C(=O)N(CCc1ccc(OC)c(OC)c1OC)CCc1ccc(OC)c(OC)c1OC)c1ccccc1)=NCC2. The fourth-order valence-corrected chi connectivity index (χ4v) is 6.80. The molecule has 5 rings (SSSR count). The number of fused-ring (bicyclic) bond motifs is 1. The highest BCUT2D eigenvalue weighted by Crippen LogP contribution is 2.42. The minimum absolute atomic E-state index is 0.0912. The number of carbonyl (C=O) groups excluding carboxylic acids is 1. The van der Waals surface area contributed by atoms with Crippen molar-refractivity contribution in [3.05, 3.63) is 94.5 Å². The number of rotatable bonds is 17. The summed E-state index contributed by atoms with van der Waals surface area (Å²) in [6.45, 7) is 1.28. The van der Waals surface area contributed by atoms with Crippen molar-refractivity contribution < 1.29 is 42.7 Å². The van der Waals surface area contributed by atoms with Gasteiger partial charge in [0.2, 0.25) is 17.4 Å². The Labute approximate surface area is 306 Å². The molecule has 1 atom stereocenters. The first-order valence-electron chi connectivity index (χ1n) is 17.1. The lowest BCUT2D eigenvalue weighted by Gasteiger charge is -2.31. The second kappa shape index (κ2) is 17.6. The predicted molar refractivity (Wildman–Crippen MR) is 200 cm³/mol. The Morgan fingerprint density at radius 1 is 0.615 bits per heavy atom. The van der Waals surface area contributed by atoms with Crippen LogP contribution in [0.25, 0.3) is 0 Å². The zero-order valence-electron chi connectivity index (χ0n) is 31.2. The molecule has 0 N–H and O–H groups in total. The Morgan fingerprint density at radius 3 is 1.60 bits per heavy atom. The van der Waals surface area contributed by atoms with Crippen molar-refractivity contribution in [3.8, 4) is 46.0 Å². The van der Waals surface area contributed by atoms with Crippen LogP contribution >= 0.6 is 0 Å². The third-order valence-corrected chi connectivity index (χ3v) is 9.39. The summed E-state index contributed by atoms with van der Waals surface area (Å²) in [6.07, 6.45) is 1.68. The molecule has 1 amide bonds. The van der Waals surface area contributed by atoms with Crippen LogP contribution in [-0.2, 0) is 24.1 Å². The third-order valence-electron chi connectivity index (χ3n) is 9.39. The second-order valence-corrected chi connectivity index (χ2v) is 12.0. The molecule has 0 fully saturated rings. The first-order valence-corrected chi connectivity index (χ1v) is 17.1. The Morgan fingerprint density at radius 2 is 1.12 bits per heavy atom. The van der Waals surface area contributed by atoms with Crippen LogP contribution in [0.4, 0.5) is 0 Å². The lowest BCUT2D eigenvalue weighted by molar-refractivity contribution is -0.131. The maximum Gasteiger partial charge on any atom is 0.236 e. The molecule has 0 aliphatic carbocycles. The number of carbonyl (C=O) groups is 1. The molecule has 0 radical (unpaired) electrons. The van der Waals surface area contributed by atoms with Crippen LogP contribution < -0.4 is 37.9 Å². The van der Waals surface area contributed by atoms with Crippen molar-refractivity contribution in [1.82, 2.24) is 4.90 Å². The second-order valence-electron chi connectivity index (χ2n) is 12.0. The number of benzene rings is 4. The number of ether oxygens (including phenoxy) is 8. The van der Waals surface area contributed by atoms with Gasteiger partial charge in [-0.3, -0.25) is 9.79 Å². The molecule has 0 unspecified atom stereocenters. The number of nitrogens with zero attached hydrogens (tertiary/aromatic N) is 2. The van der Waals surface area contributed by atoms with Gasteiger partial charge < -0.3 is 42.8 Å². The first kappa shape index (κ1) is 37.7. The van der Waals surface area contributed by atoms with E-state index in [9.17, 15) is 0 Å². The highest BCUT2D eigenvalue weighted by atomic mass is 16.5. The molecule has 11 nitrogen and oxygen atoms in total. The summed E-state index contributed by atoms with van der Waals surface area (Å²) >= 11 is 0. The van der Waals surface area contributed by atoms with Crippen LogP contribution in [0, 0.1) is 0 Å². The molecule has 0 saturated carbocycles. The van der Waals surface area contributed by atoms with Gasteiger partial charge in [-0.25, -0.2) is 0 Å². The molecule has 4 aromatic carbocycles. The summed E-state index contributed by atoms with van der Waals surface area (Å²) in [6, 6.07) is 21.3. The Hall–Kier alpha value is -5.58. The summed E-state index contributed by atoms with van der Waals surface area (Å²) in [4.78, 5) is 22.2. The number of aliphatic imine (C=N–C) groups is 1. The van der Waals surface area contributed by atoms with Crippen LogP contribution in [0.2, 0.25) is 0 Å². The summed E-state index contributed by atoms with van der Waals surface area (Å²) in [7, 11) is 12.7. The first-order chi connectivity index (χ1) is 25.4. The van der Waals surface area contributed by atoms with Crippen molar-refractivity contribution in [3.63, 3.8) is 0 Å². The van der Waals surface area contributed by atoms with Crippen molar-refractivity contribution in [2.45, 2.75) is 25.2 Å². The quantitative estimate of drug-likeness (QED) is 0.127. The van der Waals surface area contributed by atoms with Gasteiger partial charge in [0.1, 0.15) is 5.92 Å². The van der Waals surface area contributed by atoms with Crippen molar-refractivity contribution in [1.29, 1.82) is 0 Å². The van der Waals surface area contributed by atoms with Crippen molar-refractivity contribution >= 4 is 11.6 Å². The zero-order chi connectivity index (χ0) is 37.2. The Balaban J connectivity index is 1.59. The number of hydrogen-bond acceptors (Lipinski definition) is 10. The van der Waals surface area contributed by atoms with Gasteiger partial charge in [-0.05, 0) is 54.7 Å². The van der Waals surface area contributed by atoms with Crippen molar-refractivity contribution in [2.24, 2.45) is 4.99 Å². The maximum atomic E-state index is 15.3. The molecule has 0 bridgehead atoms. The molecule has 0 aromatic heterocycles. The fourth-order valence-electron chi connectivity index (χ4n) is 6.80. The van der Waals surface area contributed by atoms with Crippen LogP contribution in [0.1, 0.15) is 33.7 Å². The van der Waals surface area contributed by atoms with Gasteiger partial charge in [0.15, 0.2) is 34.5 Å². The van der Waals surface area contributed by atoms with Gasteiger partial charge in [0.25, 0.3) is 0 Å². The average Bonchev–Trinajstić information content (AvgIpc) is 3.19. The molecular weight excluding hydrogens is 664 g/mol. The van der Waals surface area contributed by atoms with Crippen molar-refractivity contribution in [2.75, 3.05) is 76.5 Å². The van der Waals surface area contributed by atoms with E-state index in [0.29, 0.717) is 84.2 Å². The highest BCUT2D eigenvalue weighted by molar-refractivity contribution is 6.18. The minimum Gasteiger partial charge on any atom is -0.493 e. The van der Waals surface area contributed by atoms with E-state index in [2.05, 4.69) is 0 Å². The number of hydrogen-bond donors (Lipinski definition) is 0. The molecule has 11 heteroatoms. The number of amides is 1. The Kier molecular flexibility index (Phi) is 12.7. The molecule has 52 heavy (non-hydrogen) atoms. The lowest BCUT2D eigenvalue weighted by Crippen LogP contribution is -2.41. The van der Waals surface area contributed by atoms with E-state index in [4.69, 9.17) is 42.9 Å². The van der Waals surface area contributed by atoms with Gasteiger partial charge in [-0.15, -0.1) is 0 Å². The smallest absolute Gasteiger partial charge is 0.236 e. The summed E-state index contributed by atoms with van der Waals surface area (Å²) in [5.41, 5.74) is 5.19. The van der Waals surface area contributed by atoms with Crippen LogP contribution in [-0.4, -0.2) is 93.0 Å². The van der Waals surface area contributed by atoms with E-state index in [1.165, 1.54) is 0 Å². The third kappa shape index (κ3) is 7.68. The van der Waals surface area contributed by atoms with Crippen LogP contribution in [0.5, 0.6) is 46.0 Å². The average molecular weight is 713 g/mol. The van der Waals surface area contributed by atoms with Crippen LogP contribution in [0.3, 0.4) is 0 Å². The van der Waals surface area contributed by atoms with E-state index in [1.807, 2.05) is 71.6 Å².